The molecule has 0 aliphatic heterocycles. The van der Waals surface area contributed by atoms with Gasteiger partial charge in [0.05, 0.1) is 5.56 Å². The van der Waals surface area contributed by atoms with Crippen molar-refractivity contribution in [3.63, 3.8) is 0 Å². The third kappa shape index (κ3) is 3.65. The van der Waals surface area contributed by atoms with Crippen LogP contribution in [0.1, 0.15) is 21.5 Å². The molecule has 0 saturated carbocycles. The van der Waals surface area contributed by atoms with Gasteiger partial charge in [0.2, 0.25) is 0 Å². The molecule has 0 bridgehead atoms. The number of carbonyl (C=O) groups is 1. The summed E-state index contributed by atoms with van der Waals surface area (Å²) in [4.78, 5) is 10.9. The zero-order chi connectivity index (χ0) is 12.3. The van der Waals surface area contributed by atoms with E-state index in [2.05, 4.69) is 0 Å². The second kappa shape index (κ2) is 6.67. The standard InChI is InChI=1S/C14H13NO2.Y/c15-13-7-6-11(9-12(13)14(16)17)8-10-4-2-1-3-5-10;/h1-7,9H,8,15H2,(H,16,17);. The maximum absolute atomic E-state index is 10.9. The average molecular weight is 316 g/mol. The molecule has 0 aliphatic rings. The number of hydrogen-bond acceptors (Lipinski definition) is 2. The molecule has 2 rings (SSSR count). The van der Waals surface area contributed by atoms with Crippen LogP contribution in [0.5, 0.6) is 0 Å². The summed E-state index contributed by atoms with van der Waals surface area (Å²) in [6.45, 7) is 0. The number of carboxylic acid groups (broad SMARTS) is 1. The van der Waals surface area contributed by atoms with Crippen molar-refractivity contribution in [1.82, 2.24) is 0 Å². The van der Waals surface area contributed by atoms with Crippen LogP contribution in [0.4, 0.5) is 5.69 Å². The third-order valence-corrected chi connectivity index (χ3v) is 2.60. The van der Waals surface area contributed by atoms with E-state index >= 15 is 0 Å². The minimum Gasteiger partial charge on any atom is -0.478 e. The zero-order valence-corrected chi connectivity index (χ0v) is 12.7. The number of benzene rings is 2. The Morgan fingerprint density at radius 1 is 1.06 bits per heavy atom. The fourth-order valence-electron chi connectivity index (χ4n) is 1.73. The topological polar surface area (TPSA) is 63.3 Å². The van der Waals surface area contributed by atoms with Crippen LogP contribution in [0.2, 0.25) is 0 Å². The van der Waals surface area contributed by atoms with Crippen LogP contribution in [0.3, 0.4) is 0 Å². The predicted octanol–water partition coefficient (Wildman–Crippen LogP) is 2.56. The van der Waals surface area contributed by atoms with Gasteiger partial charge in [-0.15, -0.1) is 0 Å². The fraction of sp³-hybridized carbons (Fsp3) is 0.0714. The van der Waals surface area contributed by atoms with Crippen molar-refractivity contribution in [3.05, 3.63) is 65.2 Å². The maximum atomic E-state index is 10.9. The van der Waals surface area contributed by atoms with Gasteiger partial charge in [0, 0.05) is 38.4 Å². The number of nitrogens with two attached hydrogens (primary N) is 1. The Labute approximate surface area is 131 Å². The van der Waals surface area contributed by atoms with Gasteiger partial charge in [-0.3, -0.25) is 0 Å². The summed E-state index contributed by atoms with van der Waals surface area (Å²) in [6, 6.07) is 15.0. The zero-order valence-electron chi connectivity index (χ0n) is 9.84. The van der Waals surface area contributed by atoms with Crippen molar-refractivity contribution < 1.29 is 42.6 Å². The normalized spacial score (nSPS) is 9.56. The Morgan fingerprint density at radius 2 is 1.72 bits per heavy atom. The molecule has 0 aliphatic carbocycles. The van der Waals surface area contributed by atoms with Gasteiger partial charge in [-0.2, -0.15) is 0 Å². The minimum absolute atomic E-state index is 0. The summed E-state index contributed by atoms with van der Waals surface area (Å²) >= 11 is 0. The first-order chi connectivity index (χ1) is 8.16. The third-order valence-electron chi connectivity index (χ3n) is 2.60. The summed E-state index contributed by atoms with van der Waals surface area (Å²) in [7, 11) is 0. The Morgan fingerprint density at radius 3 is 2.33 bits per heavy atom. The average Bonchev–Trinajstić information content (AvgIpc) is 2.32. The quantitative estimate of drug-likeness (QED) is 0.856. The Hall–Kier alpha value is -1.19. The van der Waals surface area contributed by atoms with Crippen LogP contribution >= 0.6 is 0 Å². The van der Waals surface area contributed by atoms with Crippen LogP contribution in [-0.2, 0) is 39.1 Å². The predicted molar refractivity (Wildman–Crippen MR) is 67.1 cm³/mol. The molecule has 89 valence electrons. The monoisotopic (exact) mass is 316 g/mol. The van der Waals surface area contributed by atoms with Crippen molar-refractivity contribution in [1.29, 1.82) is 0 Å². The van der Waals surface area contributed by atoms with E-state index in [1.165, 1.54) is 0 Å². The Kier molecular flexibility index (Phi) is 5.51. The van der Waals surface area contributed by atoms with Gasteiger partial charge in [-0.05, 0) is 29.7 Å². The summed E-state index contributed by atoms with van der Waals surface area (Å²) in [6.07, 6.45) is 0.710. The first-order valence-corrected chi connectivity index (χ1v) is 5.32. The molecule has 18 heavy (non-hydrogen) atoms. The molecule has 0 unspecified atom stereocenters. The van der Waals surface area contributed by atoms with Crippen LogP contribution < -0.4 is 5.73 Å². The number of carboxylic acids is 1. The Balaban J connectivity index is 0.00000162. The molecule has 0 saturated heterocycles. The molecule has 0 heterocycles. The molecule has 3 nitrogen and oxygen atoms in total. The van der Waals surface area contributed by atoms with Crippen molar-refractivity contribution in [2.45, 2.75) is 6.42 Å². The molecule has 2 aromatic rings. The maximum Gasteiger partial charge on any atom is 0.337 e. The molecule has 3 N–H and O–H groups in total. The van der Waals surface area contributed by atoms with E-state index in [1.807, 2.05) is 36.4 Å². The van der Waals surface area contributed by atoms with Gasteiger partial charge in [0.25, 0.3) is 0 Å². The fourth-order valence-corrected chi connectivity index (χ4v) is 1.73. The molecule has 0 fully saturated rings. The van der Waals surface area contributed by atoms with Gasteiger partial charge in [0.1, 0.15) is 0 Å². The van der Waals surface area contributed by atoms with Gasteiger partial charge in [-0.25, -0.2) is 4.79 Å². The number of rotatable bonds is 3. The summed E-state index contributed by atoms with van der Waals surface area (Å²) < 4.78 is 0. The number of nitrogen functional groups attached to an aromatic ring is 1. The van der Waals surface area contributed by atoms with E-state index in [1.54, 1.807) is 12.1 Å². The summed E-state index contributed by atoms with van der Waals surface area (Å²) in [5.74, 6) is -0.989. The first kappa shape index (κ1) is 14.9. The second-order valence-corrected chi connectivity index (χ2v) is 3.89. The molecular weight excluding hydrogens is 303 g/mol. The van der Waals surface area contributed by atoms with Gasteiger partial charge in [-0.1, -0.05) is 36.4 Å². The molecule has 0 spiro atoms. The van der Waals surface area contributed by atoms with Crippen molar-refractivity contribution in [3.8, 4) is 0 Å². The van der Waals surface area contributed by atoms with E-state index < -0.39 is 5.97 Å². The van der Waals surface area contributed by atoms with E-state index in [4.69, 9.17) is 10.8 Å². The van der Waals surface area contributed by atoms with E-state index in [0.717, 1.165) is 11.1 Å². The molecule has 2 aromatic carbocycles. The molecule has 0 aromatic heterocycles. The molecule has 0 amide bonds. The van der Waals surface area contributed by atoms with Crippen molar-refractivity contribution in [2.75, 3.05) is 5.73 Å². The van der Waals surface area contributed by atoms with Crippen LogP contribution in [0, 0.1) is 0 Å². The minimum atomic E-state index is -0.989. The van der Waals surface area contributed by atoms with Gasteiger partial charge >= 0.3 is 5.97 Å². The van der Waals surface area contributed by atoms with E-state index in [0.29, 0.717) is 12.1 Å². The second-order valence-electron chi connectivity index (χ2n) is 3.89. The number of aromatic carboxylic acids is 1. The molecule has 4 heteroatoms. The first-order valence-electron chi connectivity index (χ1n) is 5.32. The number of hydrogen-bond donors (Lipinski definition) is 2. The largest absolute Gasteiger partial charge is 0.478 e. The SMILES string of the molecule is Nc1ccc(Cc2ccccc2)cc1C(=O)O.[Y]. The van der Waals surface area contributed by atoms with Crippen LogP contribution in [0.25, 0.3) is 0 Å². The van der Waals surface area contributed by atoms with Gasteiger partial charge in [0.15, 0.2) is 0 Å². The summed E-state index contributed by atoms with van der Waals surface area (Å²) in [5, 5.41) is 8.98. The van der Waals surface area contributed by atoms with E-state index in [-0.39, 0.29) is 38.3 Å². The van der Waals surface area contributed by atoms with Crippen molar-refractivity contribution >= 4 is 11.7 Å². The van der Waals surface area contributed by atoms with Gasteiger partial charge < -0.3 is 10.8 Å². The van der Waals surface area contributed by atoms with Crippen molar-refractivity contribution in [2.24, 2.45) is 0 Å². The van der Waals surface area contributed by atoms with Crippen LogP contribution in [-0.4, -0.2) is 11.1 Å². The smallest absolute Gasteiger partial charge is 0.337 e. The molecule has 1 radical (unpaired) electrons. The molecular formula is C14H13NO2Y. The van der Waals surface area contributed by atoms with Crippen LogP contribution in [0.15, 0.2) is 48.5 Å². The van der Waals surface area contributed by atoms with E-state index in [9.17, 15) is 4.79 Å². The Bertz CT molecular complexity index is 541. The molecule has 0 atom stereocenters. The summed E-state index contributed by atoms with van der Waals surface area (Å²) in [5.41, 5.74) is 8.16. The number of anilines is 1.